The fraction of sp³-hybridized carbons (Fsp3) is 0.333. The predicted molar refractivity (Wildman–Crippen MR) is 83.5 cm³/mol. The van der Waals surface area contributed by atoms with Crippen LogP contribution in [0.15, 0.2) is 34.1 Å². The number of sulfonamides is 1. The Morgan fingerprint density at radius 2 is 1.95 bits per heavy atom. The van der Waals surface area contributed by atoms with Crippen molar-refractivity contribution in [3.8, 4) is 0 Å². The first-order valence-electron chi connectivity index (χ1n) is 5.67. The Morgan fingerprint density at radius 3 is 2.47 bits per heavy atom. The van der Waals surface area contributed by atoms with Crippen LogP contribution in [0.25, 0.3) is 6.08 Å². The average Bonchev–Trinajstić information content (AvgIpc) is 2.76. The van der Waals surface area contributed by atoms with E-state index >= 15 is 0 Å². The van der Waals surface area contributed by atoms with Crippen LogP contribution in [0.3, 0.4) is 0 Å². The van der Waals surface area contributed by atoms with Gasteiger partial charge in [-0.2, -0.15) is 4.31 Å². The van der Waals surface area contributed by atoms with Crippen molar-refractivity contribution in [2.75, 3.05) is 13.1 Å². The zero-order valence-corrected chi connectivity index (χ0v) is 13.4. The summed E-state index contributed by atoms with van der Waals surface area (Å²) >= 11 is 3.33. The summed E-state index contributed by atoms with van der Waals surface area (Å²) in [6, 6.07) is 7.41. The third kappa shape index (κ3) is 4.57. The van der Waals surface area contributed by atoms with Gasteiger partial charge in [-0.3, -0.25) is 0 Å². The summed E-state index contributed by atoms with van der Waals surface area (Å²) in [5.74, 6) is 0. The average molecular weight is 368 g/mol. The Labute approximate surface area is 128 Å². The molecule has 0 saturated carbocycles. The molecule has 4 nitrogen and oxygen atoms in total. The quantitative estimate of drug-likeness (QED) is 0.891. The van der Waals surface area contributed by atoms with E-state index in [9.17, 15) is 8.42 Å². The van der Waals surface area contributed by atoms with Gasteiger partial charge in [-0.05, 0) is 30.2 Å². The van der Waals surface area contributed by atoms with Gasteiger partial charge in [-0.25, -0.2) is 8.42 Å². The van der Waals surface area contributed by atoms with E-state index in [1.807, 2.05) is 24.3 Å². The van der Waals surface area contributed by atoms with Crippen LogP contribution >= 0.6 is 28.3 Å². The first-order chi connectivity index (χ1) is 8.47. The van der Waals surface area contributed by atoms with Crippen molar-refractivity contribution in [3.05, 3.63) is 39.7 Å². The molecule has 0 aliphatic carbocycles. The van der Waals surface area contributed by atoms with E-state index in [-0.39, 0.29) is 18.4 Å². The zero-order valence-electron chi connectivity index (χ0n) is 10.2. The molecule has 1 saturated heterocycles. The van der Waals surface area contributed by atoms with E-state index in [2.05, 4.69) is 15.9 Å². The zero-order chi connectivity index (χ0) is 13.2. The minimum absolute atomic E-state index is 0. The molecule has 1 unspecified atom stereocenters. The summed E-state index contributed by atoms with van der Waals surface area (Å²) in [5.41, 5.74) is 6.56. The molecule has 0 bridgehead atoms. The highest BCUT2D eigenvalue weighted by atomic mass is 79.9. The second-order valence-corrected chi connectivity index (χ2v) is 7.04. The lowest BCUT2D eigenvalue weighted by atomic mass is 10.2. The molecule has 1 heterocycles. The molecule has 0 spiro atoms. The molecule has 1 aliphatic rings. The summed E-state index contributed by atoms with van der Waals surface area (Å²) in [4.78, 5) is 0. The maximum Gasteiger partial charge on any atom is 0.236 e. The molecule has 0 amide bonds. The second-order valence-electron chi connectivity index (χ2n) is 4.31. The number of benzene rings is 1. The van der Waals surface area contributed by atoms with Crippen LogP contribution < -0.4 is 5.73 Å². The topological polar surface area (TPSA) is 63.4 Å². The minimum Gasteiger partial charge on any atom is -0.326 e. The Balaban J connectivity index is 0.00000180. The van der Waals surface area contributed by atoms with Crippen LogP contribution in [-0.4, -0.2) is 31.9 Å². The van der Waals surface area contributed by atoms with Gasteiger partial charge in [0.05, 0.1) is 0 Å². The largest absolute Gasteiger partial charge is 0.326 e. The summed E-state index contributed by atoms with van der Waals surface area (Å²) in [6.45, 7) is 0.918. The van der Waals surface area contributed by atoms with Crippen molar-refractivity contribution < 1.29 is 8.42 Å². The van der Waals surface area contributed by atoms with Crippen LogP contribution in [0, 0.1) is 0 Å². The maximum absolute atomic E-state index is 12.0. The third-order valence-corrected chi connectivity index (χ3v) is 4.91. The van der Waals surface area contributed by atoms with E-state index in [0.29, 0.717) is 13.1 Å². The Hall–Kier alpha value is -0.400. The van der Waals surface area contributed by atoms with Gasteiger partial charge in [0.2, 0.25) is 10.0 Å². The Kier molecular flexibility index (Phi) is 6.01. The Bertz CT molecular complexity index is 545. The number of hydrogen-bond acceptors (Lipinski definition) is 3. The van der Waals surface area contributed by atoms with Crippen LogP contribution in [0.1, 0.15) is 12.0 Å². The number of rotatable bonds is 3. The third-order valence-electron chi connectivity index (χ3n) is 2.85. The van der Waals surface area contributed by atoms with Crippen LogP contribution in [0.2, 0.25) is 0 Å². The van der Waals surface area contributed by atoms with Gasteiger partial charge in [-0.15, -0.1) is 12.4 Å². The highest BCUT2D eigenvalue weighted by Gasteiger charge is 2.27. The van der Waals surface area contributed by atoms with E-state index in [1.54, 1.807) is 6.08 Å². The van der Waals surface area contributed by atoms with E-state index in [4.69, 9.17) is 5.73 Å². The molecular weight excluding hydrogens is 352 g/mol. The summed E-state index contributed by atoms with van der Waals surface area (Å²) < 4.78 is 26.4. The van der Waals surface area contributed by atoms with E-state index in [0.717, 1.165) is 16.5 Å². The first-order valence-corrected chi connectivity index (χ1v) is 7.96. The normalized spacial score (nSPS) is 20.6. The molecule has 106 valence electrons. The van der Waals surface area contributed by atoms with Crippen molar-refractivity contribution >= 4 is 44.4 Å². The van der Waals surface area contributed by atoms with Gasteiger partial charge >= 0.3 is 0 Å². The van der Waals surface area contributed by atoms with Crippen molar-refractivity contribution in [2.45, 2.75) is 12.5 Å². The number of halogens is 2. The molecule has 2 rings (SSSR count). The van der Waals surface area contributed by atoms with E-state index in [1.165, 1.54) is 9.71 Å². The highest BCUT2D eigenvalue weighted by Crippen LogP contribution is 2.16. The molecule has 1 fully saturated rings. The van der Waals surface area contributed by atoms with Gasteiger partial charge in [0, 0.05) is 29.0 Å². The molecule has 0 radical (unpaired) electrons. The highest BCUT2D eigenvalue weighted by molar-refractivity contribution is 9.10. The minimum atomic E-state index is -3.34. The van der Waals surface area contributed by atoms with Crippen molar-refractivity contribution in [3.63, 3.8) is 0 Å². The molecule has 1 aromatic carbocycles. The predicted octanol–water partition coefficient (Wildman–Crippen LogP) is 2.20. The van der Waals surface area contributed by atoms with Crippen molar-refractivity contribution in [1.82, 2.24) is 4.31 Å². The number of hydrogen-bond donors (Lipinski definition) is 1. The summed E-state index contributed by atoms with van der Waals surface area (Å²) in [6.07, 6.45) is 2.33. The van der Waals surface area contributed by atoms with Gasteiger partial charge in [0.15, 0.2) is 0 Å². The van der Waals surface area contributed by atoms with Gasteiger partial charge < -0.3 is 5.73 Å². The van der Waals surface area contributed by atoms with Crippen molar-refractivity contribution in [2.24, 2.45) is 5.73 Å². The second kappa shape index (κ2) is 6.85. The molecule has 2 N–H and O–H groups in total. The van der Waals surface area contributed by atoms with Crippen LogP contribution in [-0.2, 0) is 10.0 Å². The SMILES string of the molecule is Cl.NC1CCN(S(=O)(=O)/C=C/c2ccc(Br)cc2)C1. The standard InChI is InChI=1S/C12H15BrN2O2S.ClH/c13-11-3-1-10(2-4-11)6-8-18(16,17)15-7-5-12(14)9-15;/h1-4,6,8,12H,5,7,9,14H2;1H/b8-6+;. The van der Waals surface area contributed by atoms with Gasteiger partial charge in [0.25, 0.3) is 0 Å². The first kappa shape index (κ1) is 16.7. The monoisotopic (exact) mass is 366 g/mol. The van der Waals surface area contributed by atoms with Gasteiger partial charge in [-0.1, -0.05) is 28.1 Å². The van der Waals surface area contributed by atoms with E-state index < -0.39 is 10.0 Å². The van der Waals surface area contributed by atoms with Crippen LogP contribution in [0.4, 0.5) is 0 Å². The lowest BCUT2D eigenvalue weighted by Gasteiger charge is -2.12. The summed E-state index contributed by atoms with van der Waals surface area (Å²) in [5, 5.41) is 1.24. The Morgan fingerprint density at radius 1 is 1.32 bits per heavy atom. The van der Waals surface area contributed by atoms with Crippen molar-refractivity contribution in [1.29, 1.82) is 0 Å². The fourth-order valence-electron chi connectivity index (χ4n) is 1.81. The molecule has 0 aromatic heterocycles. The summed E-state index contributed by atoms with van der Waals surface area (Å²) in [7, 11) is -3.34. The molecule has 1 aliphatic heterocycles. The maximum atomic E-state index is 12.0. The molecule has 1 atom stereocenters. The fourth-order valence-corrected chi connectivity index (χ4v) is 3.33. The van der Waals surface area contributed by atoms with Gasteiger partial charge in [0.1, 0.15) is 0 Å². The lowest BCUT2D eigenvalue weighted by Crippen LogP contribution is -2.30. The van der Waals surface area contributed by atoms with Crippen LogP contribution in [0.5, 0.6) is 0 Å². The number of nitrogens with zero attached hydrogens (tertiary/aromatic N) is 1. The number of nitrogens with two attached hydrogens (primary N) is 1. The smallest absolute Gasteiger partial charge is 0.236 e. The molecule has 1 aromatic rings. The molecular formula is C12H16BrClN2O2S. The molecule has 19 heavy (non-hydrogen) atoms. The molecule has 7 heteroatoms. The lowest BCUT2D eigenvalue weighted by molar-refractivity contribution is 0.481.